The molecule has 21 heavy (non-hydrogen) atoms. The SMILES string of the molecule is COCCCCNS(=O)(=O)c1ccc(CC(=O)OC)cc1. The van der Waals surface area contributed by atoms with E-state index in [2.05, 4.69) is 9.46 Å². The van der Waals surface area contributed by atoms with E-state index in [0.29, 0.717) is 25.1 Å². The Kier molecular flexibility index (Phi) is 7.35. The first-order valence-electron chi connectivity index (χ1n) is 6.64. The van der Waals surface area contributed by atoms with Gasteiger partial charge in [0.25, 0.3) is 0 Å². The number of hydrogen-bond acceptors (Lipinski definition) is 5. The van der Waals surface area contributed by atoms with Gasteiger partial charge < -0.3 is 9.47 Å². The minimum Gasteiger partial charge on any atom is -0.469 e. The summed E-state index contributed by atoms with van der Waals surface area (Å²) in [5.74, 6) is -0.359. The van der Waals surface area contributed by atoms with E-state index in [1.807, 2.05) is 0 Å². The zero-order valence-corrected chi connectivity index (χ0v) is 13.1. The van der Waals surface area contributed by atoms with Crippen molar-refractivity contribution in [3.05, 3.63) is 29.8 Å². The fraction of sp³-hybridized carbons (Fsp3) is 0.500. The molecule has 0 aliphatic rings. The molecule has 0 atom stereocenters. The van der Waals surface area contributed by atoms with Crippen molar-refractivity contribution in [2.24, 2.45) is 0 Å². The molecule has 1 aromatic rings. The van der Waals surface area contributed by atoms with Crippen LogP contribution < -0.4 is 4.72 Å². The van der Waals surface area contributed by atoms with Gasteiger partial charge in [0.1, 0.15) is 0 Å². The van der Waals surface area contributed by atoms with Gasteiger partial charge in [0.15, 0.2) is 0 Å². The molecule has 0 saturated heterocycles. The van der Waals surface area contributed by atoms with E-state index in [-0.39, 0.29) is 17.3 Å². The molecule has 0 aliphatic carbocycles. The maximum Gasteiger partial charge on any atom is 0.309 e. The molecule has 0 amide bonds. The Labute approximate surface area is 125 Å². The van der Waals surface area contributed by atoms with Crippen molar-refractivity contribution < 1.29 is 22.7 Å². The van der Waals surface area contributed by atoms with Crippen LogP contribution in [-0.2, 0) is 30.7 Å². The van der Waals surface area contributed by atoms with Crippen LogP contribution in [-0.4, -0.2) is 41.8 Å². The maximum absolute atomic E-state index is 12.0. The Balaban J connectivity index is 2.56. The molecule has 0 fully saturated rings. The number of hydrogen-bond donors (Lipinski definition) is 1. The van der Waals surface area contributed by atoms with Gasteiger partial charge in [-0.25, -0.2) is 13.1 Å². The largest absolute Gasteiger partial charge is 0.469 e. The smallest absolute Gasteiger partial charge is 0.309 e. The highest BCUT2D eigenvalue weighted by atomic mass is 32.2. The molecule has 0 aliphatic heterocycles. The summed E-state index contributed by atoms with van der Waals surface area (Å²) in [6.07, 6.45) is 1.64. The number of nitrogens with one attached hydrogen (secondary N) is 1. The Morgan fingerprint density at radius 2 is 1.81 bits per heavy atom. The van der Waals surface area contributed by atoms with E-state index in [0.717, 1.165) is 6.42 Å². The van der Waals surface area contributed by atoms with Gasteiger partial charge in [-0.1, -0.05) is 12.1 Å². The Bertz CT molecular complexity index is 539. The molecule has 1 aromatic carbocycles. The number of benzene rings is 1. The summed E-state index contributed by atoms with van der Waals surface area (Å²) in [7, 11) is -0.580. The van der Waals surface area contributed by atoms with Crippen LogP contribution in [0.3, 0.4) is 0 Å². The second kappa shape index (κ2) is 8.76. The van der Waals surface area contributed by atoms with Gasteiger partial charge in [-0.3, -0.25) is 4.79 Å². The first-order valence-corrected chi connectivity index (χ1v) is 8.12. The van der Waals surface area contributed by atoms with Crippen LogP contribution in [0.1, 0.15) is 18.4 Å². The van der Waals surface area contributed by atoms with Gasteiger partial charge in [-0.05, 0) is 30.5 Å². The zero-order chi connectivity index (χ0) is 15.7. The number of esters is 1. The monoisotopic (exact) mass is 315 g/mol. The maximum atomic E-state index is 12.0. The summed E-state index contributed by atoms with van der Waals surface area (Å²) in [4.78, 5) is 11.3. The summed E-state index contributed by atoms with van der Waals surface area (Å²) in [5, 5.41) is 0. The highest BCUT2D eigenvalue weighted by Crippen LogP contribution is 2.11. The van der Waals surface area contributed by atoms with Crippen LogP contribution in [0.25, 0.3) is 0 Å². The van der Waals surface area contributed by atoms with Crippen LogP contribution in [0.15, 0.2) is 29.2 Å². The van der Waals surface area contributed by atoms with Crippen molar-refractivity contribution in [2.45, 2.75) is 24.2 Å². The summed E-state index contributed by atoms with van der Waals surface area (Å²) in [5.41, 5.74) is 0.709. The third-order valence-electron chi connectivity index (χ3n) is 2.88. The lowest BCUT2D eigenvalue weighted by Gasteiger charge is -2.07. The summed E-state index contributed by atoms with van der Waals surface area (Å²) in [6, 6.07) is 6.18. The van der Waals surface area contributed by atoms with Gasteiger partial charge >= 0.3 is 5.97 Å². The quantitative estimate of drug-likeness (QED) is 0.545. The topological polar surface area (TPSA) is 81.7 Å². The fourth-order valence-corrected chi connectivity index (χ4v) is 2.76. The van der Waals surface area contributed by atoms with Crippen LogP contribution in [0, 0.1) is 0 Å². The molecule has 0 spiro atoms. The molecule has 0 unspecified atom stereocenters. The van der Waals surface area contributed by atoms with Crippen molar-refractivity contribution in [1.29, 1.82) is 0 Å². The molecule has 0 aromatic heterocycles. The number of rotatable bonds is 9. The number of ether oxygens (including phenoxy) is 2. The number of sulfonamides is 1. The fourth-order valence-electron chi connectivity index (χ4n) is 1.69. The molecular formula is C14H21NO5S. The minimum absolute atomic E-state index is 0.126. The molecule has 0 heterocycles. The average molecular weight is 315 g/mol. The molecule has 7 heteroatoms. The van der Waals surface area contributed by atoms with Crippen molar-refractivity contribution in [3.8, 4) is 0 Å². The van der Waals surface area contributed by atoms with Crippen molar-refractivity contribution >= 4 is 16.0 Å². The Hall–Kier alpha value is -1.44. The summed E-state index contributed by atoms with van der Waals surface area (Å²) >= 11 is 0. The van der Waals surface area contributed by atoms with Crippen LogP contribution in [0.5, 0.6) is 0 Å². The van der Waals surface area contributed by atoms with Gasteiger partial charge in [0, 0.05) is 20.3 Å². The lowest BCUT2D eigenvalue weighted by Crippen LogP contribution is -2.25. The third-order valence-corrected chi connectivity index (χ3v) is 4.35. The lowest BCUT2D eigenvalue weighted by atomic mass is 10.2. The van der Waals surface area contributed by atoms with E-state index in [9.17, 15) is 13.2 Å². The van der Waals surface area contributed by atoms with E-state index in [1.165, 1.54) is 19.2 Å². The minimum atomic E-state index is -3.51. The molecule has 1 rings (SSSR count). The van der Waals surface area contributed by atoms with Gasteiger partial charge in [-0.2, -0.15) is 0 Å². The molecular weight excluding hydrogens is 294 g/mol. The van der Waals surface area contributed by atoms with Crippen molar-refractivity contribution in [2.75, 3.05) is 27.4 Å². The van der Waals surface area contributed by atoms with Gasteiger partial charge in [0.2, 0.25) is 10.0 Å². The molecule has 6 nitrogen and oxygen atoms in total. The average Bonchev–Trinajstić information content (AvgIpc) is 2.47. The predicted octanol–water partition coefficient (Wildman–Crippen LogP) is 1.11. The van der Waals surface area contributed by atoms with E-state index >= 15 is 0 Å². The van der Waals surface area contributed by atoms with Crippen LogP contribution >= 0.6 is 0 Å². The van der Waals surface area contributed by atoms with Crippen molar-refractivity contribution in [3.63, 3.8) is 0 Å². The van der Waals surface area contributed by atoms with Crippen molar-refractivity contribution in [1.82, 2.24) is 4.72 Å². The first kappa shape index (κ1) is 17.6. The molecule has 118 valence electrons. The first-order chi connectivity index (χ1) is 9.99. The second-order valence-corrected chi connectivity index (χ2v) is 6.26. The molecule has 0 saturated carbocycles. The predicted molar refractivity (Wildman–Crippen MR) is 78.5 cm³/mol. The number of carbonyl (C=O) groups excluding carboxylic acids is 1. The summed E-state index contributed by atoms with van der Waals surface area (Å²) < 4.78 is 36.0. The highest BCUT2D eigenvalue weighted by Gasteiger charge is 2.13. The van der Waals surface area contributed by atoms with Crippen LogP contribution in [0.2, 0.25) is 0 Å². The highest BCUT2D eigenvalue weighted by molar-refractivity contribution is 7.89. The standard InChI is InChI=1S/C14H21NO5S/c1-19-10-4-3-9-15-21(17,18)13-7-5-12(6-8-13)11-14(16)20-2/h5-8,15H,3-4,9-11H2,1-2H3. The zero-order valence-electron chi connectivity index (χ0n) is 12.3. The second-order valence-electron chi connectivity index (χ2n) is 4.49. The molecule has 0 bridgehead atoms. The van der Waals surface area contributed by atoms with E-state index in [4.69, 9.17) is 4.74 Å². The molecule has 0 radical (unpaired) electrons. The normalized spacial score (nSPS) is 11.3. The van der Waals surface area contributed by atoms with Gasteiger partial charge in [0.05, 0.1) is 18.4 Å². The van der Waals surface area contributed by atoms with E-state index in [1.54, 1.807) is 19.2 Å². The number of carbonyl (C=O) groups is 1. The summed E-state index contributed by atoms with van der Waals surface area (Å²) in [6.45, 7) is 0.986. The van der Waals surface area contributed by atoms with Gasteiger partial charge in [-0.15, -0.1) is 0 Å². The van der Waals surface area contributed by atoms with E-state index < -0.39 is 10.0 Å². The van der Waals surface area contributed by atoms with Crippen LogP contribution in [0.4, 0.5) is 0 Å². The number of unbranched alkanes of at least 4 members (excludes halogenated alkanes) is 1. The number of methoxy groups -OCH3 is 2. The Morgan fingerprint density at radius 3 is 2.38 bits per heavy atom. The molecule has 1 N–H and O–H groups in total. The Morgan fingerprint density at radius 1 is 1.14 bits per heavy atom. The lowest BCUT2D eigenvalue weighted by molar-refractivity contribution is -0.139. The third kappa shape index (κ3) is 6.24.